The van der Waals surface area contributed by atoms with E-state index in [2.05, 4.69) is 5.32 Å². The third-order valence-electron chi connectivity index (χ3n) is 3.52. The van der Waals surface area contributed by atoms with Gasteiger partial charge in [0.2, 0.25) is 0 Å². The summed E-state index contributed by atoms with van der Waals surface area (Å²) in [7, 11) is 0. The zero-order valence-corrected chi connectivity index (χ0v) is 13.6. The Hall–Kier alpha value is -1.66. The molecule has 0 heterocycles. The molecule has 1 atom stereocenters. The number of hydrogen-bond donors (Lipinski definition) is 2. The standard InChI is InChI=1S/C17H18F3NOS/c1-16(22,11-21-14-7-4-8-15(10-14)23-2)12-5-3-6-13(9-12)17(18,19)20/h3-10,21-22H,11H2,1-2H3. The van der Waals surface area contributed by atoms with Crippen molar-refractivity contribution in [2.75, 3.05) is 18.1 Å². The van der Waals surface area contributed by atoms with Gasteiger partial charge in [-0.1, -0.05) is 18.2 Å². The van der Waals surface area contributed by atoms with Crippen LogP contribution in [0, 0.1) is 0 Å². The lowest BCUT2D eigenvalue weighted by atomic mass is 9.94. The first-order chi connectivity index (χ1) is 10.7. The molecule has 0 amide bonds. The van der Waals surface area contributed by atoms with Gasteiger partial charge in [-0.15, -0.1) is 11.8 Å². The summed E-state index contributed by atoms with van der Waals surface area (Å²) < 4.78 is 38.4. The van der Waals surface area contributed by atoms with E-state index < -0.39 is 17.3 Å². The molecule has 6 heteroatoms. The summed E-state index contributed by atoms with van der Waals surface area (Å²) in [6.45, 7) is 1.60. The Morgan fingerprint density at radius 2 is 1.70 bits per heavy atom. The van der Waals surface area contributed by atoms with Gasteiger partial charge in [-0.05, 0) is 49.1 Å². The van der Waals surface area contributed by atoms with Crippen LogP contribution in [-0.4, -0.2) is 17.9 Å². The van der Waals surface area contributed by atoms with Crippen molar-refractivity contribution in [3.63, 3.8) is 0 Å². The molecular formula is C17H18F3NOS. The molecule has 0 radical (unpaired) electrons. The van der Waals surface area contributed by atoms with Crippen LogP contribution in [0.1, 0.15) is 18.1 Å². The van der Waals surface area contributed by atoms with Crippen LogP contribution in [-0.2, 0) is 11.8 Å². The van der Waals surface area contributed by atoms with Crippen molar-refractivity contribution in [2.45, 2.75) is 23.6 Å². The molecule has 2 aromatic carbocycles. The first-order valence-corrected chi connectivity index (χ1v) is 8.23. The van der Waals surface area contributed by atoms with Crippen molar-refractivity contribution in [2.24, 2.45) is 0 Å². The predicted octanol–water partition coefficient (Wildman–Crippen LogP) is 4.75. The summed E-state index contributed by atoms with van der Waals surface area (Å²) in [4.78, 5) is 1.06. The minimum absolute atomic E-state index is 0.103. The Morgan fingerprint density at radius 1 is 1.04 bits per heavy atom. The van der Waals surface area contributed by atoms with Crippen LogP contribution in [0.4, 0.5) is 18.9 Å². The van der Waals surface area contributed by atoms with Crippen LogP contribution in [0.15, 0.2) is 53.4 Å². The van der Waals surface area contributed by atoms with Gasteiger partial charge >= 0.3 is 6.18 Å². The summed E-state index contributed by atoms with van der Waals surface area (Å²) in [5.74, 6) is 0. The summed E-state index contributed by atoms with van der Waals surface area (Å²) >= 11 is 1.59. The van der Waals surface area contributed by atoms with E-state index in [1.54, 1.807) is 11.8 Å². The largest absolute Gasteiger partial charge is 0.416 e. The Kier molecular flexibility index (Phi) is 5.26. The van der Waals surface area contributed by atoms with Crippen molar-refractivity contribution in [1.82, 2.24) is 0 Å². The maximum absolute atomic E-state index is 12.8. The summed E-state index contributed by atoms with van der Waals surface area (Å²) in [6, 6.07) is 12.4. The van der Waals surface area contributed by atoms with Crippen molar-refractivity contribution < 1.29 is 18.3 Å². The molecule has 0 bridgehead atoms. The number of hydrogen-bond acceptors (Lipinski definition) is 3. The number of thioether (sulfide) groups is 1. The molecule has 0 fully saturated rings. The lowest BCUT2D eigenvalue weighted by Gasteiger charge is -2.25. The van der Waals surface area contributed by atoms with E-state index in [1.165, 1.54) is 19.1 Å². The second-order valence-corrected chi connectivity index (χ2v) is 6.32. The summed E-state index contributed by atoms with van der Waals surface area (Å²) in [5.41, 5.74) is -1.15. The minimum Gasteiger partial charge on any atom is -0.384 e. The molecule has 0 aromatic heterocycles. The normalized spacial score (nSPS) is 14.3. The van der Waals surface area contributed by atoms with Gasteiger partial charge in [-0.3, -0.25) is 0 Å². The fourth-order valence-corrected chi connectivity index (χ4v) is 2.60. The highest BCUT2D eigenvalue weighted by Gasteiger charge is 2.32. The van der Waals surface area contributed by atoms with Gasteiger partial charge in [0.25, 0.3) is 0 Å². The summed E-state index contributed by atoms with van der Waals surface area (Å²) in [5, 5.41) is 13.6. The minimum atomic E-state index is -4.42. The molecule has 0 spiro atoms. The van der Waals surface area contributed by atoms with E-state index in [1.807, 2.05) is 30.5 Å². The number of anilines is 1. The monoisotopic (exact) mass is 341 g/mol. The van der Waals surface area contributed by atoms with Crippen LogP contribution in [0.25, 0.3) is 0 Å². The fraction of sp³-hybridized carbons (Fsp3) is 0.294. The topological polar surface area (TPSA) is 32.3 Å². The Bertz CT molecular complexity index is 671. The molecule has 23 heavy (non-hydrogen) atoms. The summed E-state index contributed by atoms with van der Waals surface area (Å²) in [6.07, 6.45) is -2.47. The molecule has 2 N–H and O–H groups in total. The van der Waals surface area contributed by atoms with Gasteiger partial charge in [0.15, 0.2) is 0 Å². The SMILES string of the molecule is CSc1cccc(NCC(C)(O)c2cccc(C(F)(F)F)c2)c1. The maximum Gasteiger partial charge on any atom is 0.416 e. The molecular weight excluding hydrogens is 323 g/mol. The van der Waals surface area contributed by atoms with Crippen LogP contribution < -0.4 is 5.32 Å². The third-order valence-corrected chi connectivity index (χ3v) is 4.24. The molecule has 1 unspecified atom stereocenters. The van der Waals surface area contributed by atoms with Crippen LogP contribution >= 0.6 is 11.8 Å². The van der Waals surface area contributed by atoms with E-state index >= 15 is 0 Å². The average molecular weight is 341 g/mol. The van der Waals surface area contributed by atoms with Crippen LogP contribution in [0.2, 0.25) is 0 Å². The maximum atomic E-state index is 12.8. The lowest BCUT2D eigenvalue weighted by Crippen LogP contribution is -2.31. The highest BCUT2D eigenvalue weighted by Crippen LogP contribution is 2.32. The van der Waals surface area contributed by atoms with Gasteiger partial charge < -0.3 is 10.4 Å². The average Bonchev–Trinajstić information content (AvgIpc) is 2.52. The van der Waals surface area contributed by atoms with E-state index in [0.29, 0.717) is 0 Å². The quantitative estimate of drug-likeness (QED) is 0.770. The van der Waals surface area contributed by atoms with Crippen molar-refractivity contribution >= 4 is 17.4 Å². The van der Waals surface area contributed by atoms with Gasteiger partial charge in [0.1, 0.15) is 5.60 Å². The first kappa shape index (κ1) is 17.7. The molecule has 0 aliphatic rings. The highest BCUT2D eigenvalue weighted by atomic mass is 32.2. The van der Waals surface area contributed by atoms with E-state index in [-0.39, 0.29) is 12.1 Å². The molecule has 0 saturated carbocycles. The van der Waals surface area contributed by atoms with Gasteiger partial charge in [0, 0.05) is 17.1 Å². The number of nitrogens with one attached hydrogen (secondary N) is 1. The molecule has 2 aromatic rings. The predicted molar refractivity (Wildman–Crippen MR) is 87.7 cm³/mol. The number of alkyl halides is 3. The third kappa shape index (κ3) is 4.65. The Morgan fingerprint density at radius 3 is 2.35 bits per heavy atom. The van der Waals surface area contributed by atoms with E-state index in [9.17, 15) is 18.3 Å². The number of benzene rings is 2. The molecule has 0 saturated heterocycles. The van der Waals surface area contributed by atoms with Gasteiger partial charge in [0.05, 0.1) is 5.56 Å². The van der Waals surface area contributed by atoms with Crippen LogP contribution in [0.5, 0.6) is 0 Å². The smallest absolute Gasteiger partial charge is 0.384 e. The van der Waals surface area contributed by atoms with Crippen molar-refractivity contribution in [3.05, 3.63) is 59.7 Å². The first-order valence-electron chi connectivity index (χ1n) is 7.00. The van der Waals surface area contributed by atoms with Crippen molar-refractivity contribution in [1.29, 1.82) is 0 Å². The highest BCUT2D eigenvalue weighted by molar-refractivity contribution is 7.98. The van der Waals surface area contributed by atoms with E-state index in [0.717, 1.165) is 22.7 Å². The number of aliphatic hydroxyl groups is 1. The zero-order chi connectivity index (χ0) is 17.1. The Labute approximate surface area is 137 Å². The zero-order valence-electron chi connectivity index (χ0n) is 12.8. The van der Waals surface area contributed by atoms with E-state index in [4.69, 9.17) is 0 Å². The fourth-order valence-electron chi connectivity index (χ4n) is 2.14. The molecule has 2 rings (SSSR count). The second-order valence-electron chi connectivity index (χ2n) is 5.44. The molecule has 2 nitrogen and oxygen atoms in total. The second kappa shape index (κ2) is 6.84. The van der Waals surface area contributed by atoms with Crippen molar-refractivity contribution in [3.8, 4) is 0 Å². The molecule has 0 aliphatic heterocycles. The number of rotatable bonds is 5. The Balaban J connectivity index is 2.15. The molecule has 124 valence electrons. The van der Waals surface area contributed by atoms with Gasteiger partial charge in [-0.2, -0.15) is 13.2 Å². The lowest BCUT2D eigenvalue weighted by molar-refractivity contribution is -0.137. The van der Waals surface area contributed by atoms with Crippen LogP contribution in [0.3, 0.4) is 0 Å². The number of halogens is 3. The molecule has 0 aliphatic carbocycles. The van der Waals surface area contributed by atoms with Gasteiger partial charge in [-0.25, -0.2) is 0 Å².